The van der Waals surface area contributed by atoms with Crippen LogP contribution in [0.5, 0.6) is 17.2 Å². The van der Waals surface area contributed by atoms with Crippen LogP contribution in [-0.2, 0) is 4.79 Å². The molecule has 7 heteroatoms. The van der Waals surface area contributed by atoms with Crippen molar-refractivity contribution in [2.45, 2.75) is 19.9 Å². The molecule has 3 rings (SSSR count). The topological polar surface area (TPSA) is 71.1 Å². The molecule has 1 heterocycles. The maximum atomic E-state index is 12.6. The van der Waals surface area contributed by atoms with Crippen molar-refractivity contribution in [3.8, 4) is 17.2 Å². The molecule has 3 amide bonds. The van der Waals surface area contributed by atoms with E-state index in [1.165, 1.54) is 0 Å². The molecule has 0 aliphatic carbocycles. The Morgan fingerprint density at radius 2 is 1.82 bits per heavy atom. The predicted molar refractivity (Wildman–Crippen MR) is 107 cm³/mol. The van der Waals surface area contributed by atoms with E-state index in [-0.39, 0.29) is 11.9 Å². The molecule has 0 aromatic heterocycles. The fourth-order valence-corrected chi connectivity index (χ4v) is 3.12. The van der Waals surface area contributed by atoms with E-state index in [9.17, 15) is 9.59 Å². The number of methoxy groups -OCH3 is 1. The number of nitrogens with zero attached hydrogens (tertiary/aromatic N) is 2. The largest absolute Gasteiger partial charge is 0.497 e. The standard InChI is InChI=1S/C21H25N3O4/c1-4-23-12-13-24(15(2)20(23)25)21(26)22-16-8-10-17(11-9-16)28-19-7-5-6-18(14-19)27-3/h5-11,14-15H,4,12-13H2,1-3H3,(H,22,26)/t15-/m1/s1. The molecule has 1 aliphatic rings. The molecule has 28 heavy (non-hydrogen) atoms. The molecule has 0 radical (unpaired) electrons. The molecule has 0 saturated carbocycles. The van der Waals surface area contributed by atoms with Crippen molar-refractivity contribution in [2.75, 3.05) is 32.1 Å². The number of hydrogen-bond acceptors (Lipinski definition) is 4. The lowest BCUT2D eigenvalue weighted by Crippen LogP contribution is -2.58. The number of hydrogen-bond donors (Lipinski definition) is 1. The van der Waals surface area contributed by atoms with Crippen LogP contribution >= 0.6 is 0 Å². The third-order valence-electron chi connectivity index (χ3n) is 4.77. The van der Waals surface area contributed by atoms with Gasteiger partial charge in [0.25, 0.3) is 0 Å². The van der Waals surface area contributed by atoms with Gasteiger partial charge in [-0.05, 0) is 50.2 Å². The molecule has 148 valence electrons. The molecule has 1 atom stereocenters. The van der Waals surface area contributed by atoms with E-state index >= 15 is 0 Å². The first-order valence-corrected chi connectivity index (χ1v) is 9.30. The molecule has 1 saturated heterocycles. The number of anilines is 1. The van der Waals surface area contributed by atoms with Gasteiger partial charge >= 0.3 is 6.03 Å². The van der Waals surface area contributed by atoms with Crippen molar-refractivity contribution >= 4 is 17.6 Å². The molecule has 0 bridgehead atoms. The van der Waals surface area contributed by atoms with Gasteiger partial charge in [0.05, 0.1) is 7.11 Å². The average Bonchev–Trinajstić information content (AvgIpc) is 2.71. The molecule has 0 unspecified atom stereocenters. The zero-order chi connectivity index (χ0) is 20.1. The van der Waals surface area contributed by atoms with Crippen LogP contribution in [0, 0.1) is 0 Å². The summed E-state index contributed by atoms with van der Waals surface area (Å²) >= 11 is 0. The van der Waals surface area contributed by atoms with Crippen LogP contribution in [0.1, 0.15) is 13.8 Å². The van der Waals surface area contributed by atoms with E-state index in [0.29, 0.717) is 42.6 Å². The molecular weight excluding hydrogens is 358 g/mol. The quantitative estimate of drug-likeness (QED) is 0.857. The lowest BCUT2D eigenvalue weighted by Gasteiger charge is -2.38. The van der Waals surface area contributed by atoms with Crippen molar-refractivity contribution in [2.24, 2.45) is 0 Å². The van der Waals surface area contributed by atoms with E-state index in [2.05, 4.69) is 5.32 Å². The number of carbonyl (C=O) groups is 2. The maximum absolute atomic E-state index is 12.6. The number of benzene rings is 2. The number of rotatable bonds is 5. The van der Waals surface area contributed by atoms with Crippen LogP contribution in [0.15, 0.2) is 48.5 Å². The molecule has 0 spiro atoms. The van der Waals surface area contributed by atoms with Crippen molar-refractivity contribution < 1.29 is 19.1 Å². The number of ether oxygens (including phenoxy) is 2. The smallest absolute Gasteiger partial charge is 0.322 e. The van der Waals surface area contributed by atoms with Gasteiger partial charge in [0, 0.05) is 31.4 Å². The van der Waals surface area contributed by atoms with Gasteiger partial charge in [-0.2, -0.15) is 0 Å². The van der Waals surface area contributed by atoms with Crippen LogP contribution in [-0.4, -0.2) is 54.5 Å². The SMILES string of the molecule is CCN1CCN(C(=O)Nc2ccc(Oc3cccc(OC)c3)cc2)[C@H](C)C1=O. The van der Waals surface area contributed by atoms with Crippen molar-refractivity contribution in [3.05, 3.63) is 48.5 Å². The summed E-state index contributed by atoms with van der Waals surface area (Å²) in [6.07, 6.45) is 0. The first kappa shape index (κ1) is 19.5. The zero-order valence-corrected chi connectivity index (χ0v) is 16.3. The number of likely N-dealkylation sites (N-methyl/N-ethyl adjacent to an activating group) is 1. The first-order chi connectivity index (χ1) is 13.5. The van der Waals surface area contributed by atoms with Crippen LogP contribution in [0.4, 0.5) is 10.5 Å². The van der Waals surface area contributed by atoms with Gasteiger partial charge in [-0.25, -0.2) is 4.79 Å². The van der Waals surface area contributed by atoms with Gasteiger partial charge in [0.1, 0.15) is 23.3 Å². The Morgan fingerprint density at radius 3 is 2.50 bits per heavy atom. The molecule has 2 aromatic rings. The highest BCUT2D eigenvalue weighted by molar-refractivity contribution is 5.94. The minimum Gasteiger partial charge on any atom is -0.497 e. The summed E-state index contributed by atoms with van der Waals surface area (Å²) < 4.78 is 11.0. The molecule has 7 nitrogen and oxygen atoms in total. The summed E-state index contributed by atoms with van der Waals surface area (Å²) in [6.45, 7) is 5.43. The second kappa shape index (κ2) is 8.65. The zero-order valence-electron chi connectivity index (χ0n) is 16.3. The molecular formula is C21H25N3O4. The Kier molecular flexibility index (Phi) is 6.03. The van der Waals surface area contributed by atoms with Crippen molar-refractivity contribution in [3.63, 3.8) is 0 Å². The van der Waals surface area contributed by atoms with Gasteiger partial charge in [-0.1, -0.05) is 6.07 Å². The Morgan fingerprint density at radius 1 is 1.11 bits per heavy atom. The Balaban J connectivity index is 1.61. The average molecular weight is 383 g/mol. The number of urea groups is 1. The summed E-state index contributed by atoms with van der Waals surface area (Å²) in [7, 11) is 1.60. The monoisotopic (exact) mass is 383 g/mol. The summed E-state index contributed by atoms with van der Waals surface area (Å²) in [5, 5.41) is 2.85. The van der Waals surface area contributed by atoms with Crippen molar-refractivity contribution in [1.29, 1.82) is 0 Å². The normalized spacial score (nSPS) is 16.7. The maximum Gasteiger partial charge on any atom is 0.322 e. The second-order valence-electron chi connectivity index (χ2n) is 6.52. The molecule has 1 N–H and O–H groups in total. The number of piperazine rings is 1. The lowest BCUT2D eigenvalue weighted by atomic mass is 10.2. The minimum absolute atomic E-state index is 0.0223. The fraction of sp³-hybridized carbons (Fsp3) is 0.333. The number of nitrogens with one attached hydrogen (secondary N) is 1. The van der Waals surface area contributed by atoms with Crippen LogP contribution in [0.3, 0.4) is 0 Å². The summed E-state index contributed by atoms with van der Waals surface area (Å²) in [6, 6.07) is 13.7. The van der Waals surface area contributed by atoms with Gasteiger partial charge in [0.15, 0.2) is 0 Å². The summed E-state index contributed by atoms with van der Waals surface area (Å²) in [4.78, 5) is 28.2. The Labute approximate surface area is 164 Å². The van der Waals surface area contributed by atoms with E-state index in [1.807, 2.05) is 25.1 Å². The van der Waals surface area contributed by atoms with Gasteiger partial charge in [-0.3, -0.25) is 4.79 Å². The second-order valence-corrected chi connectivity index (χ2v) is 6.52. The summed E-state index contributed by atoms with van der Waals surface area (Å²) in [5.41, 5.74) is 0.639. The van der Waals surface area contributed by atoms with Crippen LogP contribution in [0.2, 0.25) is 0 Å². The summed E-state index contributed by atoms with van der Waals surface area (Å²) in [5.74, 6) is 2.00. The van der Waals surface area contributed by atoms with Crippen LogP contribution in [0.25, 0.3) is 0 Å². The van der Waals surface area contributed by atoms with E-state index in [1.54, 1.807) is 54.2 Å². The Bertz CT molecular complexity index is 838. The highest BCUT2D eigenvalue weighted by Crippen LogP contribution is 2.26. The van der Waals surface area contributed by atoms with Gasteiger partial charge in [-0.15, -0.1) is 0 Å². The third kappa shape index (κ3) is 4.36. The van der Waals surface area contributed by atoms with Crippen molar-refractivity contribution in [1.82, 2.24) is 9.80 Å². The number of amides is 3. The molecule has 1 aliphatic heterocycles. The van der Waals surface area contributed by atoms with E-state index in [0.717, 1.165) is 0 Å². The van der Waals surface area contributed by atoms with E-state index in [4.69, 9.17) is 9.47 Å². The fourth-order valence-electron chi connectivity index (χ4n) is 3.12. The lowest BCUT2D eigenvalue weighted by molar-refractivity contribution is -0.138. The van der Waals surface area contributed by atoms with E-state index < -0.39 is 6.04 Å². The van der Waals surface area contributed by atoms with Gasteiger partial charge in [0.2, 0.25) is 5.91 Å². The predicted octanol–water partition coefficient (Wildman–Crippen LogP) is 3.57. The van der Waals surface area contributed by atoms with Crippen LogP contribution < -0.4 is 14.8 Å². The molecule has 2 aromatic carbocycles. The third-order valence-corrected chi connectivity index (χ3v) is 4.77. The minimum atomic E-state index is -0.468. The Hall–Kier alpha value is -3.22. The highest BCUT2D eigenvalue weighted by Gasteiger charge is 2.33. The number of carbonyl (C=O) groups excluding carboxylic acids is 2. The first-order valence-electron chi connectivity index (χ1n) is 9.30. The molecule has 1 fully saturated rings. The van der Waals surface area contributed by atoms with Gasteiger partial charge < -0.3 is 24.6 Å². The highest BCUT2D eigenvalue weighted by atomic mass is 16.5.